The summed E-state index contributed by atoms with van der Waals surface area (Å²) < 4.78 is 31.5. The molecule has 2 rings (SSSR count). The van der Waals surface area contributed by atoms with Crippen LogP contribution in [0.1, 0.15) is 37.3 Å². The summed E-state index contributed by atoms with van der Waals surface area (Å²) in [5, 5.41) is 0. The van der Waals surface area contributed by atoms with E-state index in [1.54, 1.807) is 19.1 Å². The highest BCUT2D eigenvalue weighted by Gasteiger charge is 2.56. The number of aryl methyl sites for hydroxylation is 2. The standard InChI is InChI=1S/C15H21NO4S/c1-4-20-14(17)10-15(7-8-15)21(18,19)16-13-6-5-11(2)12(3)9-13/h5-6,9,16H,4,7-8,10H2,1-3H3. The van der Waals surface area contributed by atoms with Gasteiger partial charge in [-0.2, -0.15) is 0 Å². The zero-order chi connectivity index (χ0) is 15.7. The third-order valence-electron chi connectivity index (χ3n) is 3.91. The Labute approximate surface area is 125 Å². The molecule has 1 saturated carbocycles. The first kappa shape index (κ1) is 15.8. The van der Waals surface area contributed by atoms with Gasteiger partial charge in [0.1, 0.15) is 4.75 Å². The van der Waals surface area contributed by atoms with Crippen LogP contribution in [0.4, 0.5) is 5.69 Å². The zero-order valence-electron chi connectivity index (χ0n) is 12.6. The number of esters is 1. The molecule has 1 aliphatic rings. The third kappa shape index (κ3) is 3.37. The molecule has 1 aliphatic carbocycles. The number of carbonyl (C=O) groups is 1. The SMILES string of the molecule is CCOC(=O)CC1(S(=O)(=O)Nc2ccc(C)c(C)c2)CC1. The average Bonchev–Trinajstić information content (AvgIpc) is 3.15. The van der Waals surface area contributed by atoms with Crippen LogP contribution in [0, 0.1) is 13.8 Å². The second-order valence-corrected chi connectivity index (χ2v) is 7.65. The van der Waals surface area contributed by atoms with Crippen molar-refractivity contribution in [2.75, 3.05) is 11.3 Å². The number of sulfonamides is 1. The van der Waals surface area contributed by atoms with Crippen LogP contribution >= 0.6 is 0 Å². The second-order valence-electron chi connectivity index (χ2n) is 5.57. The molecule has 0 amide bonds. The van der Waals surface area contributed by atoms with Crippen molar-refractivity contribution in [3.63, 3.8) is 0 Å². The molecule has 0 unspecified atom stereocenters. The molecule has 0 radical (unpaired) electrons. The van der Waals surface area contributed by atoms with E-state index in [0.717, 1.165) is 11.1 Å². The van der Waals surface area contributed by atoms with Crippen molar-refractivity contribution < 1.29 is 17.9 Å². The minimum Gasteiger partial charge on any atom is -0.466 e. The lowest BCUT2D eigenvalue weighted by Crippen LogP contribution is -2.32. The molecular formula is C15H21NO4S. The Kier molecular flexibility index (Phi) is 4.27. The van der Waals surface area contributed by atoms with Gasteiger partial charge in [0.15, 0.2) is 0 Å². The first-order chi connectivity index (χ1) is 9.79. The van der Waals surface area contributed by atoms with Crippen LogP contribution in [0.2, 0.25) is 0 Å². The summed E-state index contributed by atoms with van der Waals surface area (Å²) in [7, 11) is -3.60. The number of anilines is 1. The van der Waals surface area contributed by atoms with Gasteiger partial charge in [-0.25, -0.2) is 8.42 Å². The lowest BCUT2D eigenvalue weighted by atomic mass is 10.1. The maximum Gasteiger partial charge on any atom is 0.307 e. The van der Waals surface area contributed by atoms with E-state index in [1.807, 2.05) is 19.9 Å². The Morgan fingerprint density at radius 2 is 1.95 bits per heavy atom. The summed E-state index contributed by atoms with van der Waals surface area (Å²) in [6, 6.07) is 5.41. The number of benzene rings is 1. The van der Waals surface area contributed by atoms with Gasteiger partial charge in [0.2, 0.25) is 10.0 Å². The Morgan fingerprint density at radius 1 is 1.29 bits per heavy atom. The number of nitrogens with one attached hydrogen (secondary N) is 1. The molecule has 5 nitrogen and oxygen atoms in total. The molecule has 0 aromatic heterocycles. The van der Waals surface area contributed by atoms with E-state index in [4.69, 9.17) is 4.74 Å². The molecule has 0 bridgehead atoms. The molecule has 1 N–H and O–H groups in total. The van der Waals surface area contributed by atoms with Crippen molar-refractivity contribution in [3.05, 3.63) is 29.3 Å². The number of hydrogen-bond donors (Lipinski definition) is 1. The van der Waals surface area contributed by atoms with Gasteiger partial charge in [-0.05, 0) is 56.9 Å². The van der Waals surface area contributed by atoms with Crippen molar-refractivity contribution in [3.8, 4) is 0 Å². The summed E-state index contributed by atoms with van der Waals surface area (Å²) >= 11 is 0. The van der Waals surface area contributed by atoms with Gasteiger partial charge in [-0.3, -0.25) is 9.52 Å². The normalized spacial score (nSPS) is 16.3. The molecule has 0 aliphatic heterocycles. The minimum absolute atomic E-state index is 0.0823. The van der Waals surface area contributed by atoms with Gasteiger partial charge in [0.25, 0.3) is 0 Å². The van der Waals surface area contributed by atoms with Crippen molar-refractivity contribution in [1.82, 2.24) is 0 Å². The molecule has 0 saturated heterocycles. The topological polar surface area (TPSA) is 72.5 Å². The van der Waals surface area contributed by atoms with Gasteiger partial charge in [-0.1, -0.05) is 6.07 Å². The molecule has 21 heavy (non-hydrogen) atoms. The average molecular weight is 311 g/mol. The lowest BCUT2D eigenvalue weighted by Gasteiger charge is -2.17. The number of carbonyl (C=O) groups excluding carboxylic acids is 1. The van der Waals surface area contributed by atoms with Crippen LogP contribution < -0.4 is 4.72 Å². The van der Waals surface area contributed by atoms with E-state index in [0.29, 0.717) is 18.5 Å². The van der Waals surface area contributed by atoms with Crippen LogP contribution in [0.3, 0.4) is 0 Å². The molecule has 0 spiro atoms. The van der Waals surface area contributed by atoms with Crippen LogP contribution in [0.25, 0.3) is 0 Å². The van der Waals surface area contributed by atoms with E-state index < -0.39 is 20.7 Å². The van der Waals surface area contributed by atoms with Crippen molar-refractivity contribution in [2.45, 2.75) is 44.8 Å². The highest BCUT2D eigenvalue weighted by molar-refractivity contribution is 7.94. The van der Waals surface area contributed by atoms with Gasteiger partial charge in [0, 0.05) is 5.69 Å². The fourth-order valence-corrected chi connectivity index (χ4v) is 3.82. The van der Waals surface area contributed by atoms with Crippen molar-refractivity contribution in [2.24, 2.45) is 0 Å². The molecular weight excluding hydrogens is 290 g/mol. The lowest BCUT2D eigenvalue weighted by molar-refractivity contribution is -0.143. The quantitative estimate of drug-likeness (QED) is 0.819. The summed E-state index contributed by atoms with van der Waals surface area (Å²) in [5.41, 5.74) is 2.66. The Morgan fingerprint density at radius 3 is 2.48 bits per heavy atom. The maximum absolute atomic E-state index is 12.5. The van der Waals surface area contributed by atoms with Crippen LogP contribution in [-0.2, 0) is 19.6 Å². The predicted molar refractivity (Wildman–Crippen MR) is 81.7 cm³/mol. The molecule has 1 aromatic rings. The largest absolute Gasteiger partial charge is 0.466 e. The van der Waals surface area contributed by atoms with Crippen LogP contribution in [0.5, 0.6) is 0 Å². The van der Waals surface area contributed by atoms with Crippen LogP contribution in [0.15, 0.2) is 18.2 Å². The Balaban J connectivity index is 2.14. The number of ether oxygens (including phenoxy) is 1. The fraction of sp³-hybridized carbons (Fsp3) is 0.533. The van der Waals surface area contributed by atoms with Gasteiger partial charge in [0.05, 0.1) is 13.0 Å². The first-order valence-electron chi connectivity index (χ1n) is 7.05. The predicted octanol–water partition coefficient (Wildman–Crippen LogP) is 2.53. The van der Waals surface area contributed by atoms with Gasteiger partial charge in [-0.15, -0.1) is 0 Å². The minimum atomic E-state index is -3.60. The van der Waals surface area contributed by atoms with E-state index in [-0.39, 0.29) is 13.0 Å². The molecule has 1 fully saturated rings. The molecule has 116 valence electrons. The Bertz CT molecular complexity index is 648. The third-order valence-corrected chi connectivity index (χ3v) is 6.11. The van der Waals surface area contributed by atoms with Gasteiger partial charge < -0.3 is 4.74 Å². The summed E-state index contributed by atoms with van der Waals surface area (Å²) in [4.78, 5) is 11.6. The van der Waals surface area contributed by atoms with E-state index >= 15 is 0 Å². The maximum atomic E-state index is 12.5. The van der Waals surface area contributed by atoms with Crippen molar-refractivity contribution >= 4 is 21.7 Å². The fourth-order valence-electron chi connectivity index (χ4n) is 2.22. The highest BCUT2D eigenvalue weighted by atomic mass is 32.2. The van der Waals surface area contributed by atoms with E-state index in [9.17, 15) is 13.2 Å². The monoisotopic (exact) mass is 311 g/mol. The number of hydrogen-bond acceptors (Lipinski definition) is 4. The van der Waals surface area contributed by atoms with Crippen molar-refractivity contribution in [1.29, 1.82) is 0 Å². The summed E-state index contributed by atoms with van der Waals surface area (Å²) in [5.74, 6) is -0.458. The first-order valence-corrected chi connectivity index (χ1v) is 8.53. The summed E-state index contributed by atoms with van der Waals surface area (Å²) in [6.07, 6.45) is 0.902. The Hall–Kier alpha value is -1.56. The zero-order valence-corrected chi connectivity index (χ0v) is 13.4. The molecule has 6 heteroatoms. The molecule has 0 atom stereocenters. The number of rotatable bonds is 6. The second kappa shape index (κ2) is 5.67. The highest BCUT2D eigenvalue weighted by Crippen LogP contribution is 2.47. The summed E-state index contributed by atoms with van der Waals surface area (Å²) in [6.45, 7) is 5.87. The van der Waals surface area contributed by atoms with Gasteiger partial charge >= 0.3 is 5.97 Å². The van der Waals surface area contributed by atoms with Crippen LogP contribution in [-0.4, -0.2) is 25.7 Å². The van der Waals surface area contributed by atoms with E-state index in [2.05, 4.69) is 4.72 Å². The smallest absolute Gasteiger partial charge is 0.307 e. The molecule has 0 heterocycles. The molecule has 1 aromatic carbocycles. The van der Waals surface area contributed by atoms with E-state index in [1.165, 1.54) is 0 Å².